The van der Waals surface area contributed by atoms with Gasteiger partial charge in [0.25, 0.3) is 0 Å². The van der Waals surface area contributed by atoms with Crippen LogP contribution in [0.5, 0.6) is 0 Å². The van der Waals surface area contributed by atoms with Crippen LogP contribution < -0.4 is 5.73 Å². The monoisotopic (exact) mass is 276 g/mol. The quantitative estimate of drug-likeness (QED) is 0.675. The van der Waals surface area contributed by atoms with E-state index in [0.29, 0.717) is 5.92 Å². The average molecular weight is 276 g/mol. The first kappa shape index (κ1) is 14.3. The summed E-state index contributed by atoms with van der Waals surface area (Å²) in [5.41, 5.74) is 7.52. The predicted octanol–water partition coefficient (Wildman–Crippen LogP) is 2.60. The second-order valence-electron chi connectivity index (χ2n) is 5.31. The highest BCUT2D eigenvalue weighted by Gasteiger charge is 2.39. The Hall–Kier alpha value is -1.12. The SMILES string of the molecule is Cc1cc(C)nc(SCCC2CCCC2(N)C#N)n1. The van der Waals surface area contributed by atoms with E-state index < -0.39 is 5.54 Å². The minimum Gasteiger partial charge on any atom is -0.313 e. The third-order valence-electron chi connectivity index (χ3n) is 3.74. The van der Waals surface area contributed by atoms with Crippen LogP contribution in [0.1, 0.15) is 37.1 Å². The highest BCUT2D eigenvalue weighted by atomic mass is 32.2. The molecule has 0 amide bonds. The number of hydrogen-bond acceptors (Lipinski definition) is 5. The van der Waals surface area contributed by atoms with Crippen LogP contribution in [0.4, 0.5) is 0 Å². The Balaban J connectivity index is 1.88. The number of nitriles is 1. The summed E-state index contributed by atoms with van der Waals surface area (Å²) in [7, 11) is 0. The molecule has 0 bridgehead atoms. The van der Waals surface area contributed by atoms with Crippen molar-refractivity contribution in [3.63, 3.8) is 0 Å². The molecule has 4 nitrogen and oxygen atoms in total. The van der Waals surface area contributed by atoms with Crippen molar-refractivity contribution in [2.75, 3.05) is 5.75 Å². The Morgan fingerprint density at radius 3 is 2.79 bits per heavy atom. The molecule has 0 spiro atoms. The number of nitrogens with two attached hydrogens (primary N) is 1. The van der Waals surface area contributed by atoms with Crippen molar-refractivity contribution in [3.05, 3.63) is 17.5 Å². The molecule has 1 aliphatic rings. The molecule has 2 unspecified atom stereocenters. The maximum absolute atomic E-state index is 9.18. The molecule has 1 aromatic rings. The summed E-state index contributed by atoms with van der Waals surface area (Å²) in [6.07, 6.45) is 3.93. The van der Waals surface area contributed by atoms with Crippen molar-refractivity contribution >= 4 is 11.8 Å². The van der Waals surface area contributed by atoms with E-state index in [1.54, 1.807) is 11.8 Å². The zero-order valence-corrected chi connectivity index (χ0v) is 12.3. The summed E-state index contributed by atoms with van der Waals surface area (Å²) >= 11 is 1.66. The van der Waals surface area contributed by atoms with Gasteiger partial charge >= 0.3 is 0 Å². The van der Waals surface area contributed by atoms with E-state index in [0.717, 1.165) is 48.0 Å². The Morgan fingerprint density at radius 1 is 1.47 bits per heavy atom. The lowest BCUT2D eigenvalue weighted by Gasteiger charge is -2.23. The second kappa shape index (κ2) is 5.89. The smallest absolute Gasteiger partial charge is 0.187 e. The van der Waals surface area contributed by atoms with E-state index in [1.807, 2.05) is 19.9 Å². The number of hydrogen-bond donors (Lipinski definition) is 1. The normalized spacial score (nSPS) is 26.3. The van der Waals surface area contributed by atoms with Gasteiger partial charge in [0.05, 0.1) is 6.07 Å². The van der Waals surface area contributed by atoms with Crippen LogP contribution in [-0.2, 0) is 0 Å². The molecule has 0 radical (unpaired) electrons. The molecule has 2 rings (SSSR count). The summed E-state index contributed by atoms with van der Waals surface area (Å²) in [5, 5.41) is 10.0. The molecular formula is C14H20N4S. The first-order valence-electron chi connectivity index (χ1n) is 6.69. The fourth-order valence-electron chi connectivity index (χ4n) is 2.70. The third-order valence-corrected chi connectivity index (χ3v) is 4.62. The minimum absolute atomic E-state index is 0.316. The van der Waals surface area contributed by atoms with Crippen LogP contribution in [0, 0.1) is 31.1 Å². The van der Waals surface area contributed by atoms with Crippen molar-refractivity contribution < 1.29 is 0 Å². The molecular weight excluding hydrogens is 256 g/mol. The Labute approximate surface area is 118 Å². The maximum Gasteiger partial charge on any atom is 0.187 e. The standard InChI is InChI=1S/C14H20N4S/c1-10-8-11(2)18-13(17-10)19-7-5-12-4-3-6-14(12,16)9-15/h8,12H,3-7,16H2,1-2H3. The second-order valence-corrected chi connectivity index (χ2v) is 6.37. The van der Waals surface area contributed by atoms with E-state index in [4.69, 9.17) is 5.73 Å². The maximum atomic E-state index is 9.18. The van der Waals surface area contributed by atoms with Gasteiger partial charge in [-0.3, -0.25) is 0 Å². The predicted molar refractivity (Wildman–Crippen MR) is 76.7 cm³/mol. The summed E-state index contributed by atoms with van der Waals surface area (Å²) in [6, 6.07) is 4.27. The molecule has 19 heavy (non-hydrogen) atoms. The van der Waals surface area contributed by atoms with Crippen molar-refractivity contribution in [2.24, 2.45) is 11.7 Å². The van der Waals surface area contributed by atoms with Crippen molar-refractivity contribution in [2.45, 2.75) is 50.2 Å². The lowest BCUT2D eigenvalue weighted by Crippen LogP contribution is -2.41. The Kier molecular flexibility index (Phi) is 4.43. The van der Waals surface area contributed by atoms with Crippen LogP contribution in [0.15, 0.2) is 11.2 Å². The Morgan fingerprint density at radius 2 is 2.16 bits per heavy atom. The topological polar surface area (TPSA) is 75.6 Å². The van der Waals surface area contributed by atoms with Crippen LogP contribution in [0.2, 0.25) is 0 Å². The third kappa shape index (κ3) is 3.46. The van der Waals surface area contributed by atoms with E-state index in [-0.39, 0.29) is 0 Å². The van der Waals surface area contributed by atoms with Gasteiger partial charge in [0.15, 0.2) is 5.16 Å². The lowest BCUT2D eigenvalue weighted by molar-refractivity contribution is 0.389. The molecule has 0 saturated heterocycles. The molecule has 1 heterocycles. The molecule has 1 fully saturated rings. The molecule has 1 aromatic heterocycles. The van der Waals surface area contributed by atoms with Gasteiger partial charge in [0.2, 0.25) is 0 Å². The highest BCUT2D eigenvalue weighted by Crippen LogP contribution is 2.36. The van der Waals surface area contributed by atoms with E-state index >= 15 is 0 Å². The van der Waals surface area contributed by atoms with E-state index in [1.165, 1.54) is 0 Å². The summed E-state index contributed by atoms with van der Waals surface area (Å²) in [6.45, 7) is 3.96. The van der Waals surface area contributed by atoms with Crippen molar-refractivity contribution in [3.8, 4) is 6.07 Å². The van der Waals surface area contributed by atoms with Crippen LogP contribution in [0.25, 0.3) is 0 Å². The van der Waals surface area contributed by atoms with Crippen LogP contribution in [0.3, 0.4) is 0 Å². The molecule has 2 N–H and O–H groups in total. The Bertz CT molecular complexity index is 476. The molecule has 102 valence electrons. The van der Waals surface area contributed by atoms with Gasteiger partial charge in [-0.05, 0) is 45.1 Å². The van der Waals surface area contributed by atoms with Crippen LogP contribution >= 0.6 is 11.8 Å². The number of nitrogens with zero attached hydrogens (tertiary/aromatic N) is 3. The number of rotatable bonds is 4. The zero-order chi connectivity index (χ0) is 13.9. The van der Waals surface area contributed by atoms with Crippen molar-refractivity contribution in [1.29, 1.82) is 5.26 Å². The van der Waals surface area contributed by atoms with Gasteiger partial charge in [-0.2, -0.15) is 5.26 Å². The van der Waals surface area contributed by atoms with E-state index in [9.17, 15) is 5.26 Å². The van der Waals surface area contributed by atoms with Gasteiger partial charge in [0, 0.05) is 17.1 Å². The summed E-state index contributed by atoms with van der Waals surface area (Å²) in [4.78, 5) is 8.82. The zero-order valence-electron chi connectivity index (χ0n) is 11.5. The fraction of sp³-hybridized carbons (Fsp3) is 0.643. The first-order valence-corrected chi connectivity index (χ1v) is 7.67. The lowest BCUT2D eigenvalue weighted by atomic mass is 9.88. The van der Waals surface area contributed by atoms with E-state index in [2.05, 4.69) is 16.0 Å². The van der Waals surface area contributed by atoms with Gasteiger partial charge < -0.3 is 5.73 Å². The molecule has 0 aromatic carbocycles. The first-order chi connectivity index (χ1) is 9.03. The summed E-state index contributed by atoms with van der Waals surface area (Å²) in [5.74, 6) is 1.24. The van der Waals surface area contributed by atoms with Gasteiger partial charge in [-0.25, -0.2) is 9.97 Å². The van der Waals surface area contributed by atoms with Gasteiger partial charge in [-0.15, -0.1) is 0 Å². The largest absolute Gasteiger partial charge is 0.313 e. The molecule has 0 aliphatic heterocycles. The number of aryl methyl sites for hydroxylation is 2. The highest BCUT2D eigenvalue weighted by molar-refractivity contribution is 7.99. The fourth-order valence-corrected chi connectivity index (χ4v) is 3.70. The van der Waals surface area contributed by atoms with Gasteiger partial charge in [-0.1, -0.05) is 18.2 Å². The number of aromatic nitrogens is 2. The molecule has 1 saturated carbocycles. The molecule has 1 aliphatic carbocycles. The van der Waals surface area contributed by atoms with Crippen molar-refractivity contribution in [1.82, 2.24) is 9.97 Å². The van der Waals surface area contributed by atoms with Gasteiger partial charge in [0.1, 0.15) is 5.54 Å². The average Bonchev–Trinajstić information content (AvgIpc) is 2.71. The summed E-state index contributed by atoms with van der Waals surface area (Å²) < 4.78 is 0. The number of thioether (sulfide) groups is 1. The van der Waals surface area contributed by atoms with Crippen LogP contribution in [-0.4, -0.2) is 21.3 Å². The molecule has 2 atom stereocenters. The minimum atomic E-state index is -0.607. The molecule has 5 heteroatoms.